The van der Waals surface area contributed by atoms with Crippen molar-refractivity contribution in [1.29, 1.82) is 0 Å². The minimum Gasteiger partial charge on any atom is -0.345 e. The summed E-state index contributed by atoms with van der Waals surface area (Å²) in [6.07, 6.45) is -3.86. The van der Waals surface area contributed by atoms with Crippen molar-refractivity contribution in [3.63, 3.8) is 0 Å². The fourth-order valence-electron chi connectivity index (χ4n) is 1.62. The van der Waals surface area contributed by atoms with Crippen LogP contribution < -0.4 is 5.32 Å². The number of carbonyl (C=O) groups is 1. The zero-order valence-electron chi connectivity index (χ0n) is 8.63. The maximum Gasteiger partial charge on any atom is 0.463 e. The van der Waals surface area contributed by atoms with Gasteiger partial charge in [-0.15, -0.1) is 0 Å². The van der Waals surface area contributed by atoms with E-state index in [1.165, 1.54) is 0 Å². The second-order valence-corrected chi connectivity index (χ2v) is 4.01. The van der Waals surface area contributed by atoms with Crippen molar-refractivity contribution in [2.75, 3.05) is 0 Å². The highest BCUT2D eigenvalue weighted by molar-refractivity contribution is 5.85. The number of rotatable bonds is 3. The highest BCUT2D eigenvalue weighted by Crippen LogP contribution is 2.39. The van der Waals surface area contributed by atoms with Crippen molar-refractivity contribution in [1.82, 2.24) is 5.32 Å². The van der Waals surface area contributed by atoms with Gasteiger partial charge in [-0.2, -0.15) is 22.0 Å². The highest BCUT2D eigenvalue weighted by Gasteiger charge is 2.64. The number of carbonyl (C=O) groups excluding carboxylic acids is 1. The summed E-state index contributed by atoms with van der Waals surface area (Å²) in [7, 11) is 0. The molecular weight excluding hydrogens is 233 g/mol. The number of amides is 1. The monoisotopic (exact) mass is 245 g/mol. The van der Waals surface area contributed by atoms with E-state index < -0.39 is 23.5 Å². The van der Waals surface area contributed by atoms with Gasteiger partial charge in [0.2, 0.25) is 0 Å². The van der Waals surface area contributed by atoms with Crippen LogP contribution >= 0.6 is 0 Å². The molecule has 1 saturated carbocycles. The van der Waals surface area contributed by atoms with Crippen LogP contribution in [-0.2, 0) is 4.79 Å². The van der Waals surface area contributed by atoms with Crippen LogP contribution in [0.5, 0.6) is 0 Å². The lowest BCUT2D eigenvalue weighted by atomic mass is 9.74. The molecule has 2 nitrogen and oxygen atoms in total. The Morgan fingerprint density at radius 3 is 2.00 bits per heavy atom. The summed E-state index contributed by atoms with van der Waals surface area (Å²) < 4.78 is 60.9. The molecule has 0 heterocycles. The quantitative estimate of drug-likeness (QED) is 0.761. The molecule has 1 aliphatic rings. The first-order valence-corrected chi connectivity index (χ1v) is 4.92. The van der Waals surface area contributed by atoms with Crippen LogP contribution in [0.1, 0.15) is 32.6 Å². The predicted octanol–water partition coefficient (Wildman–Crippen LogP) is 2.63. The summed E-state index contributed by atoms with van der Waals surface area (Å²) in [5.74, 6) is -7.56. The maximum atomic E-state index is 12.6. The van der Waals surface area contributed by atoms with E-state index in [1.54, 1.807) is 6.92 Å². The summed E-state index contributed by atoms with van der Waals surface area (Å²) in [6.45, 7) is 1.64. The Bertz CT molecular complexity index is 277. The van der Waals surface area contributed by atoms with Gasteiger partial charge >= 0.3 is 18.0 Å². The predicted molar refractivity (Wildman–Crippen MR) is 46.0 cm³/mol. The Morgan fingerprint density at radius 2 is 1.75 bits per heavy atom. The summed E-state index contributed by atoms with van der Waals surface area (Å²) in [5.41, 5.74) is -0.869. The molecule has 0 radical (unpaired) electrons. The van der Waals surface area contributed by atoms with E-state index in [0.29, 0.717) is 19.3 Å². The molecular formula is C9H12F5NO. The van der Waals surface area contributed by atoms with Gasteiger partial charge in [-0.05, 0) is 25.7 Å². The van der Waals surface area contributed by atoms with Crippen molar-refractivity contribution in [2.45, 2.75) is 50.2 Å². The highest BCUT2D eigenvalue weighted by atomic mass is 19.4. The van der Waals surface area contributed by atoms with E-state index in [-0.39, 0.29) is 0 Å². The summed E-state index contributed by atoms with van der Waals surface area (Å²) in [5, 5.41) is 1.82. The Morgan fingerprint density at radius 1 is 1.25 bits per heavy atom. The molecule has 1 amide bonds. The third-order valence-electron chi connectivity index (χ3n) is 3.01. The summed E-state index contributed by atoms with van der Waals surface area (Å²) in [6, 6.07) is 0. The first-order chi connectivity index (χ1) is 7.15. The Labute approximate surface area is 89.2 Å². The lowest BCUT2D eigenvalue weighted by molar-refractivity contribution is -0.270. The van der Waals surface area contributed by atoms with Crippen molar-refractivity contribution < 1.29 is 26.7 Å². The zero-order valence-corrected chi connectivity index (χ0v) is 8.63. The molecule has 0 spiro atoms. The normalized spacial score (nSPS) is 20.1. The van der Waals surface area contributed by atoms with Gasteiger partial charge in [0.25, 0.3) is 0 Å². The molecule has 0 saturated heterocycles. The third kappa shape index (κ3) is 2.12. The van der Waals surface area contributed by atoms with E-state index in [9.17, 15) is 26.7 Å². The van der Waals surface area contributed by atoms with Gasteiger partial charge in [-0.25, -0.2) is 0 Å². The van der Waals surface area contributed by atoms with Crippen LogP contribution in [0.4, 0.5) is 22.0 Å². The van der Waals surface area contributed by atoms with Crippen LogP contribution in [0, 0.1) is 0 Å². The summed E-state index contributed by atoms with van der Waals surface area (Å²) in [4.78, 5) is 10.9. The molecule has 16 heavy (non-hydrogen) atoms. The smallest absolute Gasteiger partial charge is 0.345 e. The Balaban J connectivity index is 2.72. The lowest BCUT2D eigenvalue weighted by Crippen LogP contribution is -2.60. The first kappa shape index (κ1) is 13.2. The minimum atomic E-state index is -5.84. The first-order valence-electron chi connectivity index (χ1n) is 4.92. The van der Waals surface area contributed by atoms with Crippen molar-refractivity contribution >= 4 is 5.91 Å². The summed E-state index contributed by atoms with van der Waals surface area (Å²) >= 11 is 0. The van der Waals surface area contributed by atoms with E-state index in [4.69, 9.17) is 0 Å². The number of alkyl halides is 5. The average molecular weight is 245 g/mol. The second kappa shape index (κ2) is 3.85. The van der Waals surface area contributed by atoms with E-state index in [2.05, 4.69) is 0 Å². The van der Waals surface area contributed by atoms with Gasteiger partial charge in [0.15, 0.2) is 0 Å². The molecule has 0 aromatic heterocycles. The Hall–Kier alpha value is -0.880. The van der Waals surface area contributed by atoms with Crippen molar-refractivity contribution in [3.05, 3.63) is 0 Å². The number of halogens is 5. The lowest BCUT2D eigenvalue weighted by Gasteiger charge is -2.42. The van der Waals surface area contributed by atoms with Crippen LogP contribution in [0.2, 0.25) is 0 Å². The zero-order chi connectivity index (χ0) is 12.6. The molecule has 0 atom stereocenters. The van der Waals surface area contributed by atoms with Crippen molar-refractivity contribution in [2.24, 2.45) is 0 Å². The molecule has 0 unspecified atom stereocenters. The van der Waals surface area contributed by atoms with E-state index in [1.807, 2.05) is 5.32 Å². The SMILES string of the molecule is CCC1(NC(=O)C(F)(F)C(F)(F)F)CCC1. The van der Waals surface area contributed by atoms with E-state index >= 15 is 0 Å². The second-order valence-electron chi connectivity index (χ2n) is 4.01. The van der Waals surface area contributed by atoms with Crippen molar-refractivity contribution in [3.8, 4) is 0 Å². The topological polar surface area (TPSA) is 29.1 Å². The van der Waals surface area contributed by atoms with Crippen LogP contribution in [-0.4, -0.2) is 23.5 Å². The number of hydrogen-bond donors (Lipinski definition) is 1. The average Bonchev–Trinajstić information content (AvgIpc) is 2.08. The largest absolute Gasteiger partial charge is 0.463 e. The molecule has 0 aromatic carbocycles. The van der Waals surface area contributed by atoms with Gasteiger partial charge in [0.1, 0.15) is 0 Å². The van der Waals surface area contributed by atoms with E-state index in [0.717, 1.165) is 6.42 Å². The molecule has 0 aliphatic heterocycles. The van der Waals surface area contributed by atoms with Crippen LogP contribution in [0.25, 0.3) is 0 Å². The molecule has 0 bridgehead atoms. The van der Waals surface area contributed by atoms with Gasteiger partial charge in [0.05, 0.1) is 0 Å². The minimum absolute atomic E-state index is 0.354. The molecule has 1 rings (SSSR count). The Kier molecular flexibility index (Phi) is 3.17. The van der Waals surface area contributed by atoms with Gasteiger partial charge in [0, 0.05) is 5.54 Å². The molecule has 1 aliphatic carbocycles. The number of hydrogen-bond acceptors (Lipinski definition) is 1. The molecule has 1 fully saturated rings. The molecule has 0 aromatic rings. The fraction of sp³-hybridized carbons (Fsp3) is 0.889. The fourth-order valence-corrected chi connectivity index (χ4v) is 1.62. The maximum absolute atomic E-state index is 12.6. The van der Waals surface area contributed by atoms with Gasteiger partial charge in [-0.1, -0.05) is 6.92 Å². The van der Waals surface area contributed by atoms with Crippen LogP contribution in [0.15, 0.2) is 0 Å². The van der Waals surface area contributed by atoms with Gasteiger partial charge in [-0.3, -0.25) is 4.79 Å². The standard InChI is InChI=1S/C9H12F5NO/c1-2-7(4-3-5-7)15-6(16)8(10,11)9(12,13)14/h2-5H2,1H3,(H,15,16). The molecule has 7 heteroatoms. The molecule has 1 N–H and O–H groups in total. The van der Waals surface area contributed by atoms with Crippen LogP contribution in [0.3, 0.4) is 0 Å². The van der Waals surface area contributed by atoms with Gasteiger partial charge < -0.3 is 5.32 Å². The third-order valence-corrected chi connectivity index (χ3v) is 3.01. The number of nitrogens with one attached hydrogen (secondary N) is 1. The molecule has 94 valence electrons.